The van der Waals surface area contributed by atoms with Crippen LogP contribution in [0.15, 0.2) is 51.3 Å². The first-order valence-electron chi connectivity index (χ1n) is 11.2. The van der Waals surface area contributed by atoms with Crippen molar-refractivity contribution < 1.29 is 28.7 Å². The zero-order valence-electron chi connectivity index (χ0n) is 20.8. The largest absolute Gasteiger partial charge is 0.481 e. The molecule has 0 spiro atoms. The maximum atomic E-state index is 13.7. The van der Waals surface area contributed by atoms with Gasteiger partial charge in [-0.05, 0) is 41.2 Å². The highest BCUT2D eigenvalue weighted by molar-refractivity contribution is 7.94. The smallest absolute Gasteiger partial charge is 0.324 e. The van der Waals surface area contributed by atoms with E-state index in [2.05, 4.69) is 19.1 Å². The van der Waals surface area contributed by atoms with E-state index >= 15 is 0 Å². The molecule has 3 aromatic rings. The van der Waals surface area contributed by atoms with Crippen LogP contribution in [0.2, 0.25) is 0 Å². The number of aliphatic hydroxyl groups excluding tert-OH is 1. The minimum absolute atomic E-state index is 0.0331. The number of amides is 3. The van der Waals surface area contributed by atoms with E-state index < -0.39 is 34.1 Å². The number of carbonyl (C=O) groups is 2. The van der Waals surface area contributed by atoms with Crippen LogP contribution in [0.3, 0.4) is 0 Å². The van der Waals surface area contributed by atoms with Crippen molar-refractivity contribution in [3.63, 3.8) is 0 Å². The van der Waals surface area contributed by atoms with Crippen molar-refractivity contribution in [3.8, 4) is 17.0 Å². The summed E-state index contributed by atoms with van der Waals surface area (Å²) in [6.07, 6.45) is 2.50. The molecule has 0 saturated carbocycles. The summed E-state index contributed by atoms with van der Waals surface area (Å²) in [5, 5.41) is 19.7. The normalized spacial score (nSPS) is 14.5. The molecule has 0 radical (unpaired) electrons. The van der Waals surface area contributed by atoms with E-state index in [9.17, 15) is 24.0 Å². The fourth-order valence-corrected chi connectivity index (χ4v) is 6.25. The van der Waals surface area contributed by atoms with Gasteiger partial charge < -0.3 is 20.7 Å². The van der Waals surface area contributed by atoms with Crippen molar-refractivity contribution in [2.45, 2.75) is 42.9 Å². The van der Waals surface area contributed by atoms with E-state index in [-0.39, 0.29) is 21.6 Å². The molecule has 1 aromatic carbocycles. The second kappa shape index (κ2) is 11.3. The number of aromatic nitrogens is 2. The monoisotopic (exact) mass is 547 g/mol. The first-order valence-corrected chi connectivity index (χ1v) is 13.5. The number of nitrogens with zero attached hydrogens (tertiary/aromatic N) is 3. The third kappa shape index (κ3) is 6.49. The number of nitrogens with one attached hydrogen (secondary N) is 1. The average molecular weight is 548 g/mol. The lowest BCUT2D eigenvalue weighted by Crippen LogP contribution is -2.35. The molecule has 5 N–H and O–H groups in total. The first-order chi connectivity index (χ1) is 17.4. The van der Waals surface area contributed by atoms with E-state index in [4.69, 9.17) is 10.5 Å². The van der Waals surface area contributed by atoms with Gasteiger partial charge in [-0.1, -0.05) is 32.0 Å². The molecule has 13 heteroatoms. The lowest BCUT2D eigenvalue weighted by molar-refractivity contribution is -0.117. The molecule has 1 unspecified atom stereocenters. The van der Waals surface area contributed by atoms with Gasteiger partial charge in [-0.3, -0.25) is 4.79 Å². The molecule has 11 nitrogen and oxygen atoms in total. The van der Waals surface area contributed by atoms with Crippen LogP contribution in [0.5, 0.6) is 5.88 Å². The van der Waals surface area contributed by atoms with Crippen LogP contribution in [0.1, 0.15) is 42.8 Å². The van der Waals surface area contributed by atoms with Gasteiger partial charge in [0.1, 0.15) is 14.8 Å². The summed E-state index contributed by atoms with van der Waals surface area (Å²) in [6.45, 7) is 4.65. The number of hydrogen-bond acceptors (Lipinski definition) is 9. The van der Waals surface area contributed by atoms with Crippen LogP contribution in [0.4, 0.5) is 4.79 Å². The zero-order valence-corrected chi connectivity index (χ0v) is 22.4. The van der Waals surface area contributed by atoms with Gasteiger partial charge in [0.2, 0.25) is 5.88 Å². The quantitative estimate of drug-likeness (QED) is 0.316. The number of rotatable bonds is 9. The predicted molar refractivity (Wildman–Crippen MR) is 139 cm³/mol. The Kier molecular flexibility index (Phi) is 8.64. The first kappa shape index (κ1) is 28.2. The highest BCUT2D eigenvalue weighted by Crippen LogP contribution is 2.33. The number of thiazole rings is 1. The molecule has 37 heavy (non-hydrogen) atoms. The SMILES string of the molecule is COc1cc(-c2cccc(C(C)C)c2CC(=O)N=S(=O)(NC(N)=O)c2cnc([C@@](C)(O)CO)s2)ccn1. The van der Waals surface area contributed by atoms with Crippen LogP contribution in [-0.4, -0.2) is 50.0 Å². The van der Waals surface area contributed by atoms with Crippen molar-refractivity contribution in [3.05, 3.63) is 58.9 Å². The van der Waals surface area contributed by atoms with E-state index in [0.29, 0.717) is 11.4 Å². The second-order valence-electron chi connectivity index (χ2n) is 8.69. The standard InChI is InChI=1S/C24H29N5O6S2/c1-14(2)16-6-5-7-17(15-8-9-26-20(10-15)35-4)18(16)11-19(31)28-37(34,29-23(25)32)21-12-27-22(36-21)24(3,33)13-30/h5-10,12,14,30,33H,11,13H2,1-4H3,(H3,25,28,29,31,32,34)/t24-,37?/m0/s1. The predicted octanol–water partition coefficient (Wildman–Crippen LogP) is 2.72. The molecule has 2 atom stereocenters. The number of methoxy groups -OCH3 is 1. The fraction of sp³-hybridized carbons (Fsp3) is 0.333. The number of nitrogens with two attached hydrogens (primary N) is 1. The van der Waals surface area contributed by atoms with E-state index in [1.54, 1.807) is 18.3 Å². The molecular formula is C24H29N5O6S2. The lowest BCUT2D eigenvalue weighted by atomic mass is 9.88. The Morgan fingerprint density at radius 1 is 1.30 bits per heavy atom. The second-order valence-corrected chi connectivity index (χ2v) is 11.9. The molecular weight excluding hydrogens is 518 g/mol. The van der Waals surface area contributed by atoms with Crippen LogP contribution >= 0.6 is 11.3 Å². The number of benzene rings is 1. The zero-order chi connectivity index (χ0) is 27.4. The van der Waals surface area contributed by atoms with Crippen LogP contribution < -0.4 is 15.2 Å². The summed E-state index contributed by atoms with van der Waals surface area (Å²) in [5.41, 5.74) is 6.61. The van der Waals surface area contributed by atoms with Crippen LogP contribution in [0.25, 0.3) is 11.1 Å². The molecule has 0 aliphatic heterocycles. The Hall–Kier alpha value is -3.39. The number of aliphatic hydroxyl groups is 2. The molecule has 0 aliphatic rings. The molecule has 0 saturated heterocycles. The van der Waals surface area contributed by atoms with Gasteiger partial charge in [-0.2, -0.15) is 0 Å². The molecule has 0 bridgehead atoms. The van der Waals surface area contributed by atoms with Gasteiger partial charge in [0.25, 0.3) is 5.91 Å². The number of primary amides is 1. The Balaban J connectivity index is 2.10. The maximum Gasteiger partial charge on any atom is 0.324 e. The molecule has 2 heterocycles. The van der Waals surface area contributed by atoms with Crippen LogP contribution in [-0.2, 0) is 26.7 Å². The summed E-state index contributed by atoms with van der Waals surface area (Å²) < 4.78 is 24.7. The number of ether oxygens (including phenoxy) is 1. The third-order valence-corrected chi connectivity index (χ3v) is 8.97. The van der Waals surface area contributed by atoms with Crippen LogP contribution in [0, 0.1) is 0 Å². The molecule has 0 aliphatic carbocycles. The lowest BCUT2D eigenvalue weighted by Gasteiger charge is -2.17. The number of carbonyl (C=O) groups excluding carboxylic acids is 2. The molecule has 198 valence electrons. The third-order valence-electron chi connectivity index (χ3n) is 5.41. The molecule has 3 amide bonds. The average Bonchev–Trinajstić information content (AvgIpc) is 3.36. The van der Waals surface area contributed by atoms with Gasteiger partial charge in [-0.15, -0.1) is 15.7 Å². The summed E-state index contributed by atoms with van der Waals surface area (Å²) >= 11 is 0.740. The Morgan fingerprint density at radius 2 is 2.03 bits per heavy atom. The van der Waals surface area contributed by atoms with Gasteiger partial charge in [0.15, 0.2) is 9.92 Å². The maximum absolute atomic E-state index is 13.7. The Morgan fingerprint density at radius 3 is 2.65 bits per heavy atom. The van der Waals surface area contributed by atoms with E-state index in [1.165, 1.54) is 14.0 Å². The van der Waals surface area contributed by atoms with Gasteiger partial charge in [0, 0.05) is 12.3 Å². The number of urea groups is 1. The Bertz CT molecular complexity index is 1430. The highest BCUT2D eigenvalue weighted by Gasteiger charge is 2.29. The molecule has 2 aromatic heterocycles. The summed E-state index contributed by atoms with van der Waals surface area (Å²) in [5.74, 6) is -0.301. The van der Waals surface area contributed by atoms with Crippen molar-refractivity contribution in [2.75, 3.05) is 13.7 Å². The van der Waals surface area contributed by atoms with Gasteiger partial charge in [0.05, 0.1) is 26.3 Å². The minimum atomic E-state index is -3.87. The van der Waals surface area contributed by atoms with Crippen molar-refractivity contribution >= 4 is 33.2 Å². The topological polar surface area (TPSA) is 177 Å². The molecule has 0 fully saturated rings. The fourth-order valence-electron chi connectivity index (χ4n) is 3.59. The van der Waals surface area contributed by atoms with Gasteiger partial charge in [-0.25, -0.2) is 23.7 Å². The highest BCUT2D eigenvalue weighted by atomic mass is 32.2. The summed E-state index contributed by atoms with van der Waals surface area (Å²) in [6, 6.07) is 8.02. The van der Waals surface area contributed by atoms with Crippen molar-refractivity contribution in [1.29, 1.82) is 0 Å². The van der Waals surface area contributed by atoms with E-state index in [1.807, 2.05) is 32.0 Å². The summed E-state index contributed by atoms with van der Waals surface area (Å²) in [4.78, 5) is 33.0. The minimum Gasteiger partial charge on any atom is -0.481 e. The van der Waals surface area contributed by atoms with Gasteiger partial charge >= 0.3 is 6.03 Å². The Labute approximate surface area is 219 Å². The number of hydrogen-bond donors (Lipinski definition) is 4. The summed E-state index contributed by atoms with van der Waals surface area (Å²) in [7, 11) is -2.36. The van der Waals surface area contributed by atoms with E-state index in [0.717, 1.165) is 34.2 Å². The van der Waals surface area contributed by atoms with Crippen molar-refractivity contribution in [2.24, 2.45) is 10.1 Å². The molecule has 3 rings (SSSR count). The van der Waals surface area contributed by atoms with Crippen molar-refractivity contribution in [1.82, 2.24) is 14.7 Å². The number of pyridine rings is 1.